The van der Waals surface area contributed by atoms with Crippen LogP contribution in [0.15, 0.2) is 41.2 Å². The van der Waals surface area contributed by atoms with Crippen LogP contribution in [0.2, 0.25) is 0 Å². The molecule has 0 unspecified atom stereocenters. The van der Waals surface area contributed by atoms with Crippen molar-refractivity contribution < 1.29 is 18.9 Å². The summed E-state index contributed by atoms with van der Waals surface area (Å²) < 4.78 is 23.1. The van der Waals surface area contributed by atoms with E-state index in [0.29, 0.717) is 38.3 Å². The van der Waals surface area contributed by atoms with Crippen molar-refractivity contribution in [1.29, 1.82) is 0 Å². The molecule has 0 saturated heterocycles. The molecular weight excluding hydrogens is 430 g/mol. The van der Waals surface area contributed by atoms with Crippen molar-refractivity contribution in [2.75, 3.05) is 28.4 Å². The fourth-order valence-corrected chi connectivity index (χ4v) is 4.12. The molecule has 8 nitrogen and oxygen atoms in total. The van der Waals surface area contributed by atoms with Crippen LogP contribution in [0.25, 0.3) is 23.2 Å². The number of nitrogens with zero attached hydrogens (tertiary/aromatic N) is 3. The second-order valence-corrected chi connectivity index (χ2v) is 7.62. The van der Waals surface area contributed by atoms with Crippen molar-refractivity contribution in [2.24, 2.45) is 0 Å². The predicted molar refractivity (Wildman–Crippen MR) is 124 cm³/mol. The zero-order valence-corrected chi connectivity index (χ0v) is 18.8. The average molecular weight is 452 g/mol. The zero-order chi connectivity index (χ0) is 22.7. The summed E-state index contributed by atoms with van der Waals surface area (Å²) in [6.45, 7) is 0. The first-order valence-corrected chi connectivity index (χ1v) is 10.4. The summed E-state index contributed by atoms with van der Waals surface area (Å²) in [6, 6.07) is 11.1. The minimum absolute atomic E-state index is 0.242. The minimum atomic E-state index is -0.242. The standard InChI is InChI=1S/C23H21N3O5S/c1-28-16-10-8-14(12-18(16)30-3)9-11-20-24-23-26(25-20)22(27)19(32-23)13-15-6-5-7-17(29-2)21(15)31-4/h5-13H,1-4H3/b11-9+,19-13-. The molecule has 9 heteroatoms. The van der Waals surface area contributed by atoms with Crippen LogP contribution in [0.3, 0.4) is 0 Å². The van der Waals surface area contributed by atoms with Gasteiger partial charge in [-0.05, 0) is 35.9 Å². The van der Waals surface area contributed by atoms with E-state index in [1.165, 1.54) is 15.9 Å². The van der Waals surface area contributed by atoms with E-state index >= 15 is 0 Å². The Hall–Kier alpha value is -3.85. The number of fused-ring (bicyclic) bond motifs is 1. The fourth-order valence-electron chi connectivity index (χ4n) is 3.21. The van der Waals surface area contributed by atoms with Crippen LogP contribution in [0.1, 0.15) is 17.0 Å². The topological polar surface area (TPSA) is 84.2 Å². The number of hydrogen-bond donors (Lipinski definition) is 0. The maximum Gasteiger partial charge on any atom is 0.291 e. The molecule has 0 aliphatic heterocycles. The third-order valence-electron chi connectivity index (χ3n) is 4.75. The molecule has 32 heavy (non-hydrogen) atoms. The Morgan fingerprint density at radius 2 is 1.69 bits per heavy atom. The summed E-state index contributed by atoms with van der Waals surface area (Å²) in [5.74, 6) is 2.87. The van der Waals surface area contributed by atoms with E-state index in [9.17, 15) is 4.79 Å². The lowest BCUT2D eigenvalue weighted by Gasteiger charge is -2.09. The average Bonchev–Trinajstić information content (AvgIpc) is 3.35. The quantitative estimate of drug-likeness (QED) is 0.427. The lowest BCUT2D eigenvalue weighted by molar-refractivity contribution is 0.354. The number of thiazole rings is 1. The minimum Gasteiger partial charge on any atom is -0.493 e. The van der Waals surface area contributed by atoms with Gasteiger partial charge in [-0.25, -0.2) is 0 Å². The maximum absolute atomic E-state index is 12.8. The molecule has 0 atom stereocenters. The zero-order valence-electron chi connectivity index (χ0n) is 18.0. The number of para-hydroxylation sites is 1. The maximum atomic E-state index is 12.8. The monoisotopic (exact) mass is 451 g/mol. The molecule has 0 saturated carbocycles. The van der Waals surface area contributed by atoms with Crippen LogP contribution >= 0.6 is 11.3 Å². The van der Waals surface area contributed by atoms with Crippen molar-refractivity contribution >= 4 is 34.5 Å². The predicted octanol–water partition coefficient (Wildman–Crippen LogP) is 2.90. The van der Waals surface area contributed by atoms with Crippen molar-refractivity contribution in [3.05, 3.63) is 68.2 Å². The van der Waals surface area contributed by atoms with E-state index in [1.54, 1.807) is 46.7 Å². The first kappa shape index (κ1) is 21.4. The highest BCUT2D eigenvalue weighted by Gasteiger charge is 2.12. The highest BCUT2D eigenvalue weighted by Crippen LogP contribution is 2.31. The summed E-state index contributed by atoms with van der Waals surface area (Å²) in [7, 11) is 6.31. The summed E-state index contributed by atoms with van der Waals surface area (Å²) >= 11 is 1.26. The van der Waals surface area contributed by atoms with Gasteiger partial charge in [0, 0.05) is 5.56 Å². The molecule has 0 aliphatic carbocycles. The lowest BCUT2D eigenvalue weighted by Crippen LogP contribution is -2.23. The van der Waals surface area contributed by atoms with E-state index in [4.69, 9.17) is 18.9 Å². The number of rotatable bonds is 7. The number of aromatic nitrogens is 3. The van der Waals surface area contributed by atoms with Crippen molar-refractivity contribution in [1.82, 2.24) is 14.6 Å². The van der Waals surface area contributed by atoms with Gasteiger partial charge < -0.3 is 18.9 Å². The third-order valence-corrected chi connectivity index (χ3v) is 5.71. The second-order valence-electron chi connectivity index (χ2n) is 6.61. The van der Waals surface area contributed by atoms with Gasteiger partial charge >= 0.3 is 0 Å². The van der Waals surface area contributed by atoms with Gasteiger partial charge in [-0.1, -0.05) is 35.6 Å². The van der Waals surface area contributed by atoms with Gasteiger partial charge in [0.15, 0.2) is 28.8 Å². The molecule has 0 aliphatic rings. The van der Waals surface area contributed by atoms with E-state index < -0.39 is 0 Å². The summed E-state index contributed by atoms with van der Waals surface area (Å²) in [6.07, 6.45) is 5.35. The lowest BCUT2D eigenvalue weighted by atomic mass is 10.2. The molecule has 0 fully saturated rings. The number of hydrogen-bond acceptors (Lipinski definition) is 8. The summed E-state index contributed by atoms with van der Waals surface area (Å²) in [5.41, 5.74) is 1.39. The van der Waals surface area contributed by atoms with Gasteiger partial charge in [0.1, 0.15) is 0 Å². The van der Waals surface area contributed by atoms with Gasteiger partial charge in [-0.15, -0.1) is 5.10 Å². The van der Waals surface area contributed by atoms with E-state index in [1.807, 2.05) is 36.4 Å². The number of ether oxygens (including phenoxy) is 4. The molecule has 0 N–H and O–H groups in total. The SMILES string of the molecule is COc1ccc(/C=C/c2nc3s/c(=C\c4cccc(OC)c4OC)c(=O)n3n2)cc1OC. The smallest absolute Gasteiger partial charge is 0.291 e. The number of methoxy groups -OCH3 is 4. The number of benzene rings is 2. The largest absolute Gasteiger partial charge is 0.493 e. The van der Waals surface area contributed by atoms with Crippen LogP contribution in [-0.2, 0) is 0 Å². The molecule has 2 aromatic heterocycles. The molecular formula is C23H21N3O5S. The summed E-state index contributed by atoms with van der Waals surface area (Å²) in [5, 5.41) is 4.33. The molecule has 0 bridgehead atoms. The first-order valence-electron chi connectivity index (χ1n) is 9.60. The molecule has 0 radical (unpaired) electrons. The normalized spacial score (nSPS) is 11.9. The van der Waals surface area contributed by atoms with E-state index in [0.717, 1.165) is 11.1 Å². The molecule has 0 spiro atoms. The fraction of sp³-hybridized carbons (Fsp3) is 0.174. The Morgan fingerprint density at radius 1 is 0.906 bits per heavy atom. The van der Waals surface area contributed by atoms with Crippen molar-refractivity contribution in [3.8, 4) is 23.0 Å². The third kappa shape index (κ3) is 4.02. The molecule has 0 amide bonds. The van der Waals surface area contributed by atoms with Crippen LogP contribution in [0.5, 0.6) is 23.0 Å². The Kier molecular flexibility index (Phi) is 6.09. The second kappa shape index (κ2) is 9.11. The molecule has 2 heterocycles. The molecule has 2 aromatic carbocycles. The van der Waals surface area contributed by atoms with Gasteiger partial charge in [0.05, 0.1) is 33.0 Å². The van der Waals surface area contributed by atoms with Gasteiger partial charge in [0.25, 0.3) is 5.56 Å². The Bertz CT molecular complexity index is 1410. The van der Waals surface area contributed by atoms with Gasteiger partial charge in [0.2, 0.25) is 4.96 Å². The van der Waals surface area contributed by atoms with Crippen LogP contribution < -0.4 is 29.0 Å². The highest BCUT2D eigenvalue weighted by atomic mass is 32.1. The highest BCUT2D eigenvalue weighted by molar-refractivity contribution is 7.15. The van der Waals surface area contributed by atoms with Crippen molar-refractivity contribution in [2.45, 2.75) is 0 Å². The Labute approximate surface area is 188 Å². The molecule has 4 aromatic rings. The van der Waals surface area contributed by atoms with Crippen LogP contribution in [-0.4, -0.2) is 43.0 Å². The van der Waals surface area contributed by atoms with Crippen molar-refractivity contribution in [3.63, 3.8) is 0 Å². The van der Waals surface area contributed by atoms with Crippen LogP contribution in [0.4, 0.5) is 0 Å². The first-order chi connectivity index (χ1) is 15.6. The van der Waals surface area contributed by atoms with Crippen LogP contribution in [0, 0.1) is 0 Å². The van der Waals surface area contributed by atoms with E-state index in [2.05, 4.69) is 10.1 Å². The molecule has 4 rings (SSSR count). The van der Waals surface area contributed by atoms with Gasteiger partial charge in [-0.2, -0.15) is 9.50 Å². The Morgan fingerprint density at radius 3 is 2.38 bits per heavy atom. The Balaban J connectivity index is 1.66. The van der Waals surface area contributed by atoms with E-state index in [-0.39, 0.29) is 5.56 Å². The molecule has 164 valence electrons. The van der Waals surface area contributed by atoms with Gasteiger partial charge in [-0.3, -0.25) is 4.79 Å². The summed E-state index contributed by atoms with van der Waals surface area (Å²) in [4.78, 5) is 17.8.